The van der Waals surface area contributed by atoms with E-state index in [1.165, 1.54) is 13.2 Å². The summed E-state index contributed by atoms with van der Waals surface area (Å²) in [6, 6.07) is 4.64. The Kier molecular flexibility index (Phi) is 5.89. The third kappa shape index (κ3) is 3.70. The van der Waals surface area contributed by atoms with E-state index in [0.29, 0.717) is 18.3 Å². The highest BCUT2D eigenvalue weighted by Crippen LogP contribution is 2.52. The molecule has 1 aliphatic heterocycles. The van der Waals surface area contributed by atoms with E-state index in [0.717, 1.165) is 0 Å². The van der Waals surface area contributed by atoms with Gasteiger partial charge in [0.25, 0.3) is 0 Å². The van der Waals surface area contributed by atoms with Gasteiger partial charge < -0.3 is 29.5 Å². The van der Waals surface area contributed by atoms with Crippen LogP contribution >= 0.6 is 0 Å². The molecule has 0 bridgehead atoms. The van der Waals surface area contributed by atoms with Crippen molar-refractivity contribution in [3.63, 3.8) is 0 Å². The summed E-state index contributed by atoms with van der Waals surface area (Å²) in [7, 11) is 1.39. The van der Waals surface area contributed by atoms with Gasteiger partial charge in [-0.1, -0.05) is 26.0 Å². The van der Waals surface area contributed by atoms with Crippen LogP contribution in [0.1, 0.15) is 89.6 Å². The minimum Gasteiger partial charge on any atom is -0.507 e. The van der Waals surface area contributed by atoms with E-state index >= 15 is 0 Å². The summed E-state index contributed by atoms with van der Waals surface area (Å²) >= 11 is 0. The first-order valence-electron chi connectivity index (χ1n) is 12.4. The third-order valence-electron chi connectivity index (χ3n) is 8.15. The van der Waals surface area contributed by atoms with Crippen molar-refractivity contribution in [3.8, 4) is 17.2 Å². The van der Waals surface area contributed by atoms with Crippen molar-refractivity contribution in [1.29, 1.82) is 0 Å². The fraction of sp³-hybridized carbons (Fsp3) is 0.500. The van der Waals surface area contributed by atoms with Crippen molar-refractivity contribution in [1.82, 2.24) is 0 Å². The molecule has 8 nitrogen and oxygen atoms in total. The molecule has 36 heavy (non-hydrogen) atoms. The van der Waals surface area contributed by atoms with Gasteiger partial charge in [-0.25, -0.2) is 0 Å². The van der Waals surface area contributed by atoms with E-state index in [1.54, 1.807) is 19.1 Å². The number of benzene rings is 2. The number of phenolic OH excluding ortho intramolecular Hbond substituents is 2. The number of aromatic hydroxyl groups is 2. The van der Waals surface area contributed by atoms with E-state index in [2.05, 4.69) is 13.8 Å². The van der Waals surface area contributed by atoms with Gasteiger partial charge in [-0.2, -0.15) is 0 Å². The lowest BCUT2D eigenvalue weighted by Gasteiger charge is -2.42. The normalized spacial score (nSPS) is 31.4. The molecule has 4 unspecified atom stereocenters. The maximum absolute atomic E-state index is 13.6. The number of methoxy groups -OCH3 is 1. The van der Waals surface area contributed by atoms with Crippen LogP contribution in [-0.2, 0) is 15.9 Å². The predicted octanol–water partition coefficient (Wildman–Crippen LogP) is 4.04. The number of phenols is 2. The first-order chi connectivity index (χ1) is 16.9. The van der Waals surface area contributed by atoms with Gasteiger partial charge in [-0.3, -0.25) is 9.59 Å². The Bertz CT molecular complexity index is 1250. The standard InChI is InChI=1S/C28H32O8/c1-12-9-19(35-14(3)13(12)2)36-18-11-28(4,33)10-16-21(18)27(32)23-22(25(16)30)24(29)15-7-6-8-17(34-5)20(15)26(23)31/h6-8,12-14,18-19,30,32-33H,9-11H2,1-5H3/t12?,13?,14?,18-,19?,28-/m0/s1. The lowest BCUT2D eigenvalue weighted by molar-refractivity contribution is -0.243. The second kappa shape index (κ2) is 8.57. The summed E-state index contributed by atoms with van der Waals surface area (Å²) in [6.07, 6.45) is -0.772. The van der Waals surface area contributed by atoms with Crippen molar-refractivity contribution in [2.75, 3.05) is 7.11 Å². The summed E-state index contributed by atoms with van der Waals surface area (Å²) in [5.74, 6) is -1.17. The number of ether oxygens (including phenoxy) is 3. The van der Waals surface area contributed by atoms with Crippen molar-refractivity contribution in [2.45, 2.75) is 71.1 Å². The maximum Gasteiger partial charge on any atom is 0.202 e. The predicted molar refractivity (Wildman–Crippen MR) is 130 cm³/mol. The molecule has 8 heteroatoms. The zero-order valence-electron chi connectivity index (χ0n) is 21.1. The van der Waals surface area contributed by atoms with Gasteiger partial charge in [0, 0.05) is 36.0 Å². The number of aliphatic hydroxyl groups is 1. The van der Waals surface area contributed by atoms with E-state index in [9.17, 15) is 24.9 Å². The van der Waals surface area contributed by atoms with Crippen molar-refractivity contribution < 1.29 is 39.1 Å². The lowest BCUT2D eigenvalue weighted by Crippen LogP contribution is -2.42. The van der Waals surface area contributed by atoms with Gasteiger partial charge in [0.2, 0.25) is 5.78 Å². The molecule has 6 atom stereocenters. The zero-order chi connectivity index (χ0) is 26.1. The van der Waals surface area contributed by atoms with Crippen LogP contribution < -0.4 is 4.74 Å². The molecule has 1 heterocycles. The number of fused-ring (bicyclic) bond motifs is 3. The summed E-state index contributed by atoms with van der Waals surface area (Å²) in [4.78, 5) is 27.1. The molecule has 1 saturated heterocycles. The topological polar surface area (TPSA) is 123 Å². The fourth-order valence-electron chi connectivity index (χ4n) is 5.89. The van der Waals surface area contributed by atoms with Gasteiger partial charge >= 0.3 is 0 Å². The first kappa shape index (κ1) is 24.7. The summed E-state index contributed by atoms with van der Waals surface area (Å²) < 4.78 is 17.7. The minimum atomic E-state index is -1.28. The molecule has 192 valence electrons. The molecule has 0 amide bonds. The second-order valence-electron chi connectivity index (χ2n) is 10.7. The molecule has 3 aliphatic rings. The Morgan fingerprint density at radius 1 is 1.03 bits per heavy atom. The van der Waals surface area contributed by atoms with Crippen molar-refractivity contribution in [2.24, 2.45) is 11.8 Å². The molecule has 2 aliphatic carbocycles. The highest BCUT2D eigenvalue weighted by molar-refractivity contribution is 6.31. The van der Waals surface area contributed by atoms with Crippen LogP contribution in [0.15, 0.2) is 18.2 Å². The van der Waals surface area contributed by atoms with Crippen LogP contribution in [0.2, 0.25) is 0 Å². The molecule has 0 saturated carbocycles. The molecular formula is C28H32O8. The Labute approximate surface area is 209 Å². The fourth-order valence-corrected chi connectivity index (χ4v) is 5.89. The van der Waals surface area contributed by atoms with Gasteiger partial charge in [0.1, 0.15) is 17.2 Å². The number of ketones is 2. The van der Waals surface area contributed by atoms with Crippen molar-refractivity contribution in [3.05, 3.63) is 51.6 Å². The number of carbonyl (C=O) groups is 2. The van der Waals surface area contributed by atoms with E-state index in [1.807, 2.05) is 6.92 Å². The minimum absolute atomic E-state index is 0.0172. The van der Waals surface area contributed by atoms with E-state index in [4.69, 9.17) is 14.2 Å². The van der Waals surface area contributed by atoms with Crippen LogP contribution in [0, 0.1) is 11.8 Å². The van der Waals surface area contributed by atoms with Crippen LogP contribution in [0.4, 0.5) is 0 Å². The Morgan fingerprint density at radius 3 is 2.39 bits per heavy atom. The van der Waals surface area contributed by atoms with E-state index in [-0.39, 0.29) is 58.1 Å². The second-order valence-corrected chi connectivity index (χ2v) is 10.7. The molecule has 0 radical (unpaired) electrons. The molecule has 0 aromatic heterocycles. The number of hydrogen-bond donors (Lipinski definition) is 3. The number of carbonyl (C=O) groups excluding carboxylic acids is 2. The Balaban J connectivity index is 1.65. The van der Waals surface area contributed by atoms with Crippen LogP contribution in [-0.4, -0.2) is 52.0 Å². The average Bonchev–Trinajstić information content (AvgIpc) is 2.81. The lowest BCUT2D eigenvalue weighted by atomic mass is 9.73. The zero-order valence-corrected chi connectivity index (χ0v) is 21.1. The van der Waals surface area contributed by atoms with Gasteiger partial charge in [0.05, 0.1) is 41.6 Å². The van der Waals surface area contributed by atoms with Crippen LogP contribution in [0.3, 0.4) is 0 Å². The van der Waals surface area contributed by atoms with Crippen LogP contribution in [0.25, 0.3) is 0 Å². The largest absolute Gasteiger partial charge is 0.507 e. The summed E-state index contributed by atoms with van der Waals surface area (Å²) in [5, 5.41) is 33.8. The summed E-state index contributed by atoms with van der Waals surface area (Å²) in [6.45, 7) is 7.85. The SMILES string of the molecule is COc1cccc2c1C(=O)c1c(O)c3c(c(O)c1C2=O)C[C@](C)(O)C[C@@H]3OC1CC(C)C(C)C(C)O1. The number of rotatable bonds is 3. The maximum atomic E-state index is 13.6. The summed E-state index contributed by atoms with van der Waals surface area (Å²) in [5.41, 5.74) is -1.28. The Hall–Kier alpha value is -2.94. The average molecular weight is 497 g/mol. The highest BCUT2D eigenvalue weighted by atomic mass is 16.7. The monoisotopic (exact) mass is 496 g/mol. The molecule has 3 N–H and O–H groups in total. The van der Waals surface area contributed by atoms with Crippen LogP contribution in [0.5, 0.6) is 17.2 Å². The smallest absolute Gasteiger partial charge is 0.202 e. The van der Waals surface area contributed by atoms with Gasteiger partial charge in [-0.15, -0.1) is 0 Å². The molecule has 0 spiro atoms. The van der Waals surface area contributed by atoms with Gasteiger partial charge in [0.15, 0.2) is 12.1 Å². The van der Waals surface area contributed by atoms with E-state index < -0.39 is 41.1 Å². The molecule has 1 fully saturated rings. The highest BCUT2D eigenvalue weighted by Gasteiger charge is 2.46. The van der Waals surface area contributed by atoms with Gasteiger partial charge in [-0.05, 0) is 31.7 Å². The molecule has 5 rings (SSSR count). The molecule has 2 aromatic rings. The van der Waals surface area contributed by atoms with Crippen molar-refractivity contribution >= 4 is 11.6 Å². The molecule has 2 aromatic carbocycles. The Morgan fingerprint density at radius 2 is 1.72 bits per heavy atom. The quantitative estimate of drug-likeness (QED) is 0.465. The first-order valence-corrected chi connectivity index (χ1v) is 12.4. The molecular weight excluding hydrogens is 464 g/mol. The third-order valence-corrected chi connectivity index (χ3v) is 8.15. The number of hydrogen-bond acceptors (Lipinski definition) is 8.